The highest BCUT2D eigenvalue weighted by Crippen LogP contribution is 2.20. The van der Waals surface area contributed by atoms with Gasteiger partial charge >= 0.3 is 0 Å². The van der Waals surface area contributed by atoms with E-state index < -0.39 is 11.6 Å². The average molecular weight is 388 g/mol. The Morgan fingerprint density at radius 2 is 1.81 bits per heavy atom. The van der Waals surface area contributed by atoms with Gasteiger partial charge in [0.05, 0.1) is 17.6 Å². The van der Waals surface area contributed by atoms with E-state index in [0.717, 1.165) is 17.7 Å². The Morgan fingerprint density at radius 1 is 1.04 bits per heavy atom. The second-order valence-corrected chi connectivity index (χ2v) is 6.25. The number of nitrogens with zero attached hydrogens (tertiary/aromatic N) is 1. The van der Waals surface area contributed by atoms with Crippen molar-refractivity contribution >= 4 is 28.9 Å². The van der Waals surface area contributed by atoms with Crippen molar-refractivity contribution in [1.29, 1.82) is 0 Å². The van der Waals surface area contributed by atoms with Gasteiger partial charge < -0.3 is 10.6 Å². The van der Waals surface area contributed by atoms with E-state index in [0.29, 0.717) is 23.7 Å². The van der Waals surface area contributed by atoms with Crippen molar-refractivity contribution in [2.45, 2.75) is 6.42 Å². The van der Waals surface area contributed by atoms with E-state index in [2.05, 4.69) is 15.6 Å². The van der Waals surface area contributed by atoms with Gasteiger partial charge in [0.2, 0.25) is 0 Å². The molecule has 3 rings (SSSR count). The quantitative estimate of drug-likeness (QED) is 0.643. The van der Waals surface area contributed by atoms with Gasteiger partial charge in [-0.1, -0.05) is 23.7 Å². The number of rotatable bonds is 6. The van der Waals surface area contributed by atoms with Gasteiger partial charge in [0.15, 0.2) is 0 Å². The Kier molecular flexibility index (Phi) is 5.98. The lowest BCUT2D eigenvalue weighted by atomic mass is 10.1. The van der Waals surface area contributed by atoms with Crippen molar-refractivity contribution in [3.63, 3.8) is 0 Å². The summed E-state index contributed by atoms with van der Waals surface area (Å²) < 4.78 is 26.6. The minimum absolute atomic E-state index is 0.123. The van der Waals surface area contributed by atoms with Crippen LogP contribution in [-0.2, 0) is 6.42 Å². The summed E-state index contributed by atoms with van der Waals surface area (Å²) in [4.78, 5) is 16.2. The van der Waals surface area contributed by atoms with Crippen molar-refractivity contribution in [2.75, 3.05) is 11.9 Å². The predicted octanol–water partition coefficient (Wildman–Crippen LogP) is 4.73. The molecule has 3 aromatic rings. The fourth-order valence-corrected chi connectivity index (χ4v) is 2.54. The Labute approximate surface area is 160 Å². The van der Waals surface area contributed by atoms with E-state index in [1.165, 1.54) is 18.3 Å². The third kappa shape index (κ3) is 5.24. The Bertz CT molecular complexity index is 931. The number of halogens is 3. The molecule has 0 fully saturated rings. The number of hydrogen-bond donors (Lipinski definition) is 2. The van der Waals surface area contributed by atoms with Gasteiger partial charge in [-0.3, -0.25) is 4.79 Å². The van der Waals surface area contributed by atoms with Crippen molar-refractivity contribution < 1.29 is 13.6 Å². The first-order valence-electron chi connectivity index (χ1n) is 8.22. The minimum Gasteiger partial charge on any atom is -0.352 e. The number of benzene rings is 2. The third-order valence-corrected chi connectivity index (χ3v) is 4.07. The molecule has 7 heteroatoms. The van der Waals surface area contributed by atoms with E-state index in [9.17, 15) is 13.6 Å². The summed E-state index contributed by atoms with van der Waals surface area (Å²) in [5.74, 6) is -1.66. The van der Waals surface area contributed by atoms with E-state index in [4.69, 9.17) is 11.6 Å². The molecule has 0 radical (unpaired) electrons. The van der Waals surface area contributed by atoms with Crippen LogP contribution in [0.3, 0.4) is 0 Å². The van der Waals surface area contributed by atoms with Crippen molar-refractivity contribution in [2.24, 2.45) is 0 Å². The maximum Gasteiger partial charge on any atom is 0.269 e. The number of aromatic nitrogens is 1. The normalized spacial score (nSPS) is 10.5. The summed E-state index contributed by atoms with van der Waals surface area (Å²) >= 11 is 5.83. The lowest BCUT2D eigenvalue weighted by Gasteiger charge is -2.09. The van der Waals surface area contributed by atoms with Crippen LogP contribution in [0.15, 0.2) is 60.8 Å². The molecule has 0 saturated carbocycles. The number of hydrogen-bond acceptors (Lipinski definition) is 3. The molecule has 2 N–H and O–H groups in total. The third-order valence-electron chi connectivity index (χ3n) is 3.82. The zero-order valence-corrected chi connectivity index (χ0v) is 14.9. The summed E-state index contributed by atoms with van der Waals surface area (Å²) in [5.41, 5.74) is 1.92. The number of anilines is 2. The zero-order valence-electron chi connectivity index (χ0n) is 14.2. The SMILES string of the molecule is O=C(NCCc1ccc(Cl)cc1)c1ccc(Nc2ccc(F)cc2F)cn1. The molecule has 1 amide bonds. The van der Waals surface area contributed by atoms with E-state index >= 15 is 0 Å². The second kappa shape index (κ2) is 8.60. The van der Waals surface area contributed by atoms with Crippen LogP contribution < -0.4 is 10.6 Å². The monoisotopic (exact) mass is 387 g/mol. The fraction of sp³-hybridized carbons (Fsp3) is 0.100. The van der Waals surface area contributed by atoms with Gasteiger partial charge in [0.1, 0.15) is 17.3 Å². The lowest BCUT2D eigenvalue weighted by Crippen LogP contribution is -2.26. The van der Waals surface area contributed by atoms with Crippen molar-refractivity contribution in [1.82, 2.24) is 10.3 Å². The van der Waals surface area contributed by atoms with Crippen LogP contribution in [0.2, 0.25) is 5.02 Å². The van der Waals surface area contributed by atoms with Gasteiger partial charge in [-0.15, -0.1) is 0 Å². The van der Waals surface area contributed by atoms with Crippen LogP contribution in [0.5, 0.6) is 0 Å². The molecule has 0 saturated heterocycles. The fourth-order valence-electron chi connectivity index (χ4n) is 2.41. The number of carbonyl (C=O) groups is 1. The van der Waals surface area contributed by atoms with Crippen LogP contribution in [0.1, 0.15) is 16.1 Å². The summed E-state index contributed by atoms with van der Waals surface area (Å²) in [6.07, 6.45) is 2.09. The summed E-state index contributed by atoms with van der Waals surface area (Å²) in [6, 6.07) is 13.8. The van der Waals surface area contributed by atoms with Crippen molar-refractivity contribution in [3.05, 3.63) is 88.7 Å². The van der Waals surface area contributed by atoms with Crippen LogP contribution >= 0.6 is 11.6 Å². The molecule has 2 aromatic carbocycles. The maximum atomic E-state index is 13.7. The standard InChI is InChI=1S/C20H16ClF2N3O/c21-14-3-1-13(2-4-14)9-10-24-20(27)19-8-6-16(12-25-19)26-18-7-5-15(22)11-17(18)23/h1-8,11-12,26H,9-10H2,(H,24,27). The van der Waals surface area contributed by atoms with Crippen LogP contribution in [-0.4, -0.2) is 17.4 Å². The van der Waals surface area contributed by atoms with Crippen LogP contribution in [0.4, 0.5) is 20.2 Å². The Hall–Kier alpha value is -2.99. The number of carbonyl (C=O) groups excluding carboxylic acids is 1. The van der Waals surface area contributed by atoms with Gasteiger partial charge in [-0.05, 0) is 48.4 Å². The molecule has 0 spiro atoms. The molecule has 0 unspecified atom stereocenters. The van der Waals surface area contributed by atoms with Gasteiger partial charge in [0, 0.05) is 17.6 Å². The average Bonchev–Trinajstić information content (AvgIpc) is 2.66. The molecule has 0 aliphatic heterocycles. The zero-order chi connectivity index (χ0) is 19.2. The lowest BCUT2D eigenvalue weighted by molar-refractivity contribution is 0.0949. The molecule has 1 aromatic heterocycles. The number of amides is 1. The van der Waals surface area contributed by atoms with Gasteiger partial charge in [0.25, 0.3) is 5.91 Å². The molecule has 0 aliphatic carbocycles. The number of nitrogens with one attached hydrogen (secondary N) is 2. The smallest absolute Gasteiger partial charge is 0.269 e. The molecule has 138 valence electrons. The second-order valence-electron chi connectivity index (χ2n) is 5.81. The molecule has 4 nitrogen and oxygen atoms in total. The molecular formula is C20H16ClF2N3O. The highest BCUT2D eigenvalue weighted by Gasteiger charge is 2.08. The topological polar surface area (TPSA) is 54.0 Å². The number of pyridine rings is 1. The largest absolute Gasteiger partial charge is 0.352 e. The summed E-state index contributed by atoms with van der Waals surface area (Å²) in [7, 11) is 0. The molecule has 0 aliphatic rings. The van der Waals surface area contributed by atoms with Crippen LogP contribution in [0.25, 0.3) is 0 Å². The van der Waals surface area contributed by atoms with E-state index in [1.807, 2.05) is 12.1 Å². The Morgan fingerprint density at radius 3 is 2.48 bits per heavy atom. The maximum absolute atomic E-state index is 13.7. The van der Waals surface area contributed by atoms with E-state index in [1.54, 1.807) is 18.2 Å². The molecule has 27 heavy (non-hydrogen) atoms. The highest BCUT2D eigenvalue weighted by atomic mass is 35.5. The first kappa shape index (κ1) is 18.8. The van der Waals surface area contributed by atoms with Gasteiger partial charge in [-0.25, -0.2) is 13.8 Å². The van der Waals surface area contributed by atoms with Crippen molar-refractivity contribution in [3.8, 4) is 0 Å². The summed E-state index contributed by atoms with van der Waals surface area (Å²) in [5, 5.41) is 6.25. The molecule has 1 heterocycles. The highest BCUT2D eigenvalue weighted by molar-refractivity contribution is 6.30. The van der Waals surface area contributed by atoms with Gasteiger partial charge in [-0.2, -0.15) is 0 Å². The first-order chi connectivity index (χ1) is 13.0. The molecule has 0 bridgehead atoms. The molecular weight excluding hydrogens is 372 g/mol. The minimum atomic E-state index is -0.709. The van der Waals surface area contributed by atoms with E-state index in [-0.39, 0.29) is 17.3 Å². The molecule has 0 atom stereocenters. The predicted molar refractivity (Wildman–Crippen MR) is 101 cm³/mol. The van der Waals surface area contributed by atoms with Crippen LogP contribution in [0, 0.1) is 11.6 Å². The first-order valence-corrected chi connectivity index (χ1v) is 8.60. The Balaban J connectivity index is 1.54. The summed E-state index contributed by atoms with van der Waals surface area (Å²) in [6.45, 7) is 0.461.